The third kappa shape index (κ3) is 13.6. The first-order valence-electron chi connectivity index (χ1n) is 7.56. The average Bonchev–Trinajstić information content (AvgIpc) is 2.54. The van der Waals surface area contributed by atoms with Crippen molar-refractivity contribution < 1.29 is 13.9 Å². The van der Waals surface area contributed by atoms with E-state index in [2.05, 4.69) is 13.2 Å². The van der Waals surface area contributed by atoms with Gasteiger partial charge in [0.05, 0.1) is 0 Å². The van der Waals surface area contributed by atoms with Crippen LogP contribution in [0.4, 0.5) is 8.78 Å². The lowest BCUT2D eigenvalue weighted by Gasteiger charge is -2.10. The first-order chi connectivity index (χ1) is 10.7. The van der Waals surface area contributed by atoms with Crippen molar-refractivity contribution in [3.63, 3.8) is 0 Å². The molecule has 3 heteroatoms. The number of alkyl halides is 2. The molecule has 0 fully saturated rings. The first kappa shape index (κ1) is 26.2. The van der Waals surface area contributed by atoms with Crippen molar-refractivity contribution in [2.45, 2.75) is 47.5 Å². The van der Waals surface area contributed by atoms with E-state index < -0.39 is 5.92 Å². The van der Waals surface area contributed by atoms with Crippen molar-refractivity contribution >= 4 is 0 Å². The molecule has 0 unspecified atom stereocenters. The second-order valence-electron chi connectivity index (χ2n) is 4.44. The molecule has 0 radical (unpaired) electrons. The number of rotatable bonds is 6. The second kappa shape index (κ2) is 15.2. The summed E-state index contributed by atoms with van der Waals surface area (Å²) in [7, 11) is 1.00. The fraction of sp³-hybridized carbons (Fsp3) is 0.400. The molecule has 0 aromatic heterocycles. The lowest BCUT2D eigenvalue weighted by atomic mass is 10.1. The Bertz CT molecular complexity index is 459. The van der Waals surface area contributed by atoms with Crippen molar-refractivity contribution in [2.24, 2.45) is 0 Å². The van der Waals surface area contributed by atoms with Crippen LogP contribution in [0.15, 0.2) is 71.9 Å². The van der Waals surface area contributed by atoms with Crippen LogP contribution in [0.2, 0.25) is 0 Å². The quantitative estimate of drug-likeness (QED) is 0.559. The maximum absolute atomic E-state index is 13.1. The lowest BCUT2D eigenvalue weighted by molar-refractivity contribution is 0.0673. The molecule has 0 heterocycles. The Morgan fingerprint density at radius 2 is 1.39 bits per heavy atom. The van der Waals surface area contributed by atoms with Gasteiger partial charge >= 0.3 is 0 Å². The Morgan fingerprint density at radius 3 is 1.74 bits per heavy atom. The molecular formula is C20H32F2O. The van der Waals surface area contributed by atoms with Gasteiger partial charge in [0.2, 0.25) is 0 Å². The summed E-state index contributed by atoms with van der Waals surface area (Å²) >= 11 is 0. The van der Waals surface area contributed by atoms with Crippen LogP contribution in [-0.2, 0) is 0 Å². The molecule has 0 spiro atoms. The summed E-state index contributed by atoms with van der Waals surface area (Å²) in [5.74, 6) is -2.83. The minimum absolute atomic E-state index is 0.0170. The van der Waals surface area contributed by atoms with Crippen LogP contribution in [0.3, 0.4) is 0 Å². The fourth-order valence-electron chi connectivity index (χ4n) is 1.27. The van der Waals surface area contributed by atoms with E-state index in [-0.39, 0.29) is 5.57 Å². The summed E-state index contributed by atoms with van der Waals surface area (Å²) in [6, 6.07) is 0. The molecule has 0 aromatic carbocycles. The van der Waals surface area contributed by atoms with Crippen LogP contribution in [0.25, 0.3) is 0 Å². The van der Waals surface area contributed by atoms with Crippen LogP contribution in [0.5, 0.6) is 0 Å². The van der Waals surface area contributed by atoms with Crippen LogP contribution in [0, 0.1) is 0 Å². The summed E-state index contributed by atoms with van der Waals surface area (Å²) < 4.78 is 26.2. The zero-order valence-electron chi connectivity index (χ0n) is 15.6. The van der Waals surface area contributed by atoms with E-state index in [4.69, 9.17) is 5.11 Å². The van der Waals surface area contributed by atoms with Gasteiger partial charge in [-0.25, -0.2) is 8.78 Å². The van der Waals surface area contributed by atoms with Gasteiger partial charge in [-0.15, -0.1) is 0 Å². The minimum Gasteiger partial charge on any atom is -0.400 e. The maximum atomic E-state index is 13.1. The zero-order valence-corrected chi connectivity index (χ0v) is 15.6. The van der Waals surface area contributed by atoms with E-state index in [9.17, 15) is 8.78 Å². The van der Waals surface area contributed by atoms with Gasteiger partial charge in [-0.2, -0.15) is 0 Å². The molecule has 0 aliphatic heterocycles. The molecule has 23 heavy (non-hydrogen) atoms. The van der Waals surface area contributed by atoms with Crippen molar-refractivity contribution in [3.05, 3.63) is 71.9 Å². The maximum Gasteiger partial charge on any atom is 0.270 e. The van der Waals surface area contributed by atoms with Gasteiger partial charge < -0.3 is 5.11 Å². The topological polar surface area (TPSA) is 20.2 Å². The predicted molar refractivity (Wildman–Crippen MR) is 99.9 cm³/mol. The van der Waals surface area contributed by atoms with Crippen molar-refractivity contribution in [1.82, 2.24) is 0 Å². The molecule has 1 N–H and O–H groups in total. The Kier molecular flexibility index (Phi) is 17.3. The molecule has 0 aliphatic carbocycles. The van der Waals surface area contributed by atoms with E-state index >= 15 is 0 Å². The Labute approximate surface area is 141 Å². The van der Waals surface area contributed by atoms with E-state index in [1.807, 2.05) is 33.8 Å². The van der Waals surface area contributed by atoms with Crippen molar-refractivity contribution in [1.29, 1.82) is 0 Å². The number of halogens is 2. The summed E-state index contributed by atoms with van der Waals surface area (Å²) in [5, 5.41) is 7.00. The molecule has 0 atom stereocenters. The van der Waals surface area contributed by atoms with Gasteiger partial charge in [0.1, 0.15) is 0 Å². The third-order valence-corrected chi connectivity index (χ3v) is 2.77. The van der Waals surface area contributed by atoms with Crippen LogP contribution < -0.4 is 0 Å². The van der Waals surface area contributed by atoms with Gasteiger partial charge in [-0.1, -0.05) is 63.5 Å². The standard InChI is InChI=1S/C17H22F2.C2H6.CH4O/c1-7-14(4)15(5)11-9-13(3)10-12-16(8-2)17(6,18)19;2*1-2/h7-12H,1,3H2,2,4-6H3;1-2H3;2H,1H3/b11-9-,12-10-,15-14-,16-8+;;. The normalized spacial score (nSPS) is 12.9. The van der Waals surface area contributed by atoms with Crippen molar-refractivity contribution in [3.8, 4) is 0 Å². The van der Waals surface area contributed by atoms with Gasteiger partial charge in [0.15, 0.2) is 0 Å². The van der Waals surface area contributed by atoms with Gasteiger partial charge in [-0.05, 0) is 37.5 Å². The lowest BCUT2D eigenvalue weighted by Crippen LogP contribution is -2.11. The van der Waals surface area contributed by atoms with E-state index in [0.717, 1.165) is 25.2 Å². The summed E-state index contributed by atoms with van der Waals surface area (Å²) in [4.78, 5) is 0. The Balaban J connectivity index is -0.000000919. The van der Waals surface area contributed by atoms with E-state index in [1.165, 1.54) is 12.2 Å². The number of aliphatic hydroxyl groups excluding tert-OH is 1. The highest BCUT2D eigenvalue weighted by molar-refractivity contribution is 5.38. The molecule has 0 saturated carbocycles. The highest BCUT2D eigenvalue weighted by atomic mass is 19.3. The van der Waals surface area contributed by atoms with Gasteiger partial charge in [0.25, 0.3) is 5.92 Å². The molecular weight excluding hydrogens is 294 g/mol. The third-order valence-electron chi connectivity index (χ3n) is 2.77. The first-order valence-corrected chi connectivity index (χ1v) is 7.56. The highest BCUT2D eigenvalue weighted by Crippen LogP contribution is 2.24. The molecule has 0 amide bonds. The summed E-state index contributed by atoms with van der Waals surface area (Å²) in [6.45, 7) is 17.9. The molecule has 0 aromatic rings. The number of allylic oxidation sites excluding steroid dienone is 10. The van der Waals surface area contributed by atoms with Gasteiger partial charge in [0, 0.05) is 19.6 Å². The minimum atomic E-state index is -2.83. The molecule has 0 aliphatic rings. The number of aliphatic hydroxyl groups is 1. The zero-order chi connectivity index (χ0) is 19.1. The molecule has 0 rings (SSSR count). The van der Waals surface area contributed by atoms with Crippen LogP contribution in [-0.4, -0.2) is 18.1 Å². The largest absolute Gasteiger partial charge is 0.400 e. The van der Waals surface area contributed by atoms with Gasteiger partial charge in [-0.3, -0.25) is 0 Å². The molecule has 0 bridgehead atoms. The molecule has 1 nitrogen and oxygen atoms in total. The SMILES string of the molecule is C=C/C(C)=C(C)\C=C/C(=C)/C=C\C(=C/C)C(C)(F)F.CC.CO. The Morgan fingerprint density at radius 1 is 0.957 bits per heavy atom. The summed E-state index contributed by atoms with van der Waals surface area (Å²) in [5.41, 5.74) is 2.79. The fourth-order valence-corrected chi connectivity index (χ4v) is 1.27. The average molecular weight is 326 g/mol. The van der Waals surface area contributed by atoms with Crippen LogP contribution in [0.1, 0.15) is 41.5 Å². The van der Waals surface area contributed by atoms with E-state index in [0.29, 0.717) is 5.57 Å². The summed E-state index contributed by atoms with van der Waals surface area (Å²) in [6.07, 6.45) is 9.84. The number of hydrogen-bond donors (Lipinski definition) is 1. The number of hydrogen-bond acceptors (Lipinski definition) is 1. The monoisotopic (exact) mass is 326 g/mol. The van der Waals surface area contributed by atoms with E-state index in [1.54, 1.807) is 25.2 Å². The molecule has 0 saturated heterocycles. The Hall–Kier alpha value is -1.74. The van der Waals surface area contributed by atoms with Crippen molar-refractivity contribution in [2.75, 3.05) is 7.11 Å². The van der Waals surface area contributed by atoms with Crippen LogP contribution >= 0.6 is 0 Å². The smallest absolute Gasteiger partial charge is 0.270 e. The predicted octanol–water partition coefficient (Wildman–Crippen LogP) is 6.41. The molecule has 132 valence electrons. The second-order valence-corrected chi connectivity index (χ2v) is 4.44. The highest BCUT2D eigenvalue weighted by Gasteiger charge is 2.24.